The van der Waals surface area contributed by atoms with Gasteiger partial charge >= 0.3 is 6.03 Å². The molecule has 0 spiro atoms. The van der Waals surface area contributed by atoms with Crippen molar-refractivity contribution in [1.29, 1.82) is 0 Å². The normalized spacial score (nSPS) is 14.9. The molecule has 2 aromatic rings. The van der Waals surface area contributed by atoms with E-state index >= 15 is 0 Å². The summed E-state index contributed by atoms with van der Waals surface area (Å²) in [5, 5.41) is 5.60. The lowest BCUT2D eigenvalue weighted by Crippen LogP contribution is -2.34. The maximum atomic E-state index is 12.6. The third kappa shape index (κ3) is 5.11. The van der Waals surface area contributed by atoms with Crippen LogP contribution in [0.4, 0.5) is 4.79 Å². The largest absolute Gasteiger partial charge is 0.380 e. The summed E-state index contributed by atoms with van der Waals surface area (Å²) in [6.07, 6.45) is 1.82. The first-order valence-corrected chi connectivity index (χ1v) is 11.4. The third-order valence-corrected chi connectivity index (χ3v) is 8.03. The molecule has 0 atom stereocenters. The van der Waals surface area contributed by atoms with Crippen LogP contribution in [0.2, 0.25) is 0 Å². The van der Waals surface area contributed by atoms with Gasteiger partial charge in [-0.15, -0.1) is 11.3 Å². The van der Waals surface area contributed by atoms with E-state index in [-0.39, 0.29) is 12.6 Å². The van der Waals surface area contributed by atoms with E-state index in [4.69, 9.17) is 4.74 Å². The Morgan fingerprint density at radius 2 is 1.75 bits per heavy atom. The Balaban J connectivity index is 1.51. The number of hydrogen-bond donors (Lipinski definition) is 2. The first kappa shape index (κ1) is 20.8. The van der Waals surface area contributed by atoms with E-state index in [1.807, 2.05) is 24.3 Å². The molecule has 3 rings (SSSR count). The topological polar surface area (TPSA) is 87.7 Å². The van der Waals surface area contributed by atoms with Gasteiger partial charge in [-0.25, -0.2) is 13.2 Å². The van der Waals surface area contributed by atoms with Gasteiger partial charge in [0.1, 0.15) is 4.21 Å². The fraction of sp³-hybridized carbons (Fsp3) is 0.421. The number of hydrogen-bond acceptors (Lipinski definition) is 5. The number of nitrogens with zero attached hydrogens (tertiary/aromatic N) is 1. The van der Waals surface area contributed by atoms with Crippen LogP contribution in [0.15, 0.2) is 40.6 Å². The van der Waals surface area contributed by atoms with E-state index in [1.165, 1.54) is 15.6 Å². The SMILES string of the molecule is COCc1ccccc1CNC(=O)NCc1ccc(S(=O)(=O)N2CCCC2)s1. The second-order valence-electron chi connectivity index (χ2n) is 6.57. The van der Waals surface area contributed by atoms with E-state index < -0.39 is 10.0 Å². The lowest BCUT2D eigenvalue weighted by atomic mass is 10.1. The van der Waals surface area contributed by atoms with Crippen LogP contribution in [0.5, 0.6) is 0 Å². The lowest BCUT2D eigenvalue weighted by molar-refractivity contribution is 0.184. The van der Waals surface area contributed by atoms with Crippen molar-refractivity contribution in [3.63, 3.8) is 0 Å². The summed E-state index contributed by atoms with van der Waals surface area (Å²) in [5.74, 6) is 0. The van der Waals surface area contributed by atoms with Crippen LogP contribution in [0.3, 0.4) is 0 Å². The van der Waals surface area contributed by atoms with Crippen molar-refractivity contribution in [1.82, 2.24) is 14.9 Å². The van der Waals surface area contributed by atoms with Gasteiger partial charge in [0, 0.05) is 31.6 Å². The van der Waals surface area contributed by atoms with Gasteiger partial charge in [0.2, 0.25) is 0 Å². The Morgan fingerprint density at radius 3 is 2.46 bits per heavy atom. The molecule has 1 aliphatic heterocycles. The molecule has 1 aromatic heterocycles. The Hall–Kier alpha value is -1.94. The Labute approximate surface area is 169 Å². The molecule has 1 aliphatic rings. The highest BCUT2D eigenvalue weighted by Gasteiger charge is 2.28. The number of carbonyl (C=O) groups excluding carboxylic acids is 1. The van der Waals surface area contributed by atoms with E-state index in [1.54, 1.807) is 19.2 Å². The molecule has 1 fully saturated rings. The van der Waals surface area contributed by atoms with Crippen LogP contribution in [-0.4, -0.2) is 39.0 Å². The van der Waals surface area contributed by atoms with Gasteiger partial charge in [-0.2, -0.15) is 4.31 Å². The summed E-state index contributed by atoms with van der Waals surface area (Å²) >= 11 is 1.20. The van der Waals surface area contributed by atoms with Crippen molar-refractivity contribution in [2.45, 2.75) is 36.7 Å². The van der Waals surface area contributed by atoms with Crippen molar-refractivity contribution < 1.29 is 17.9 Å². The molecule has 1 saturated heterocycles. The molecule has 0 saturated carbocycles. The number of ether oxygens (including phenoxy) is 1. The summed E-state index contributed by atoms with van der Waals surface area (Å²) in [5.41, 5.74) is 2.02. The number of nitrogens with one attached hydrogen (secondary N) is 2. The molecule has 152 valence electrons. The number of urea groups is 1. The van der Waals surface area contributed by atoms with Crippen LogP contribution in [0.25, 0.3) is 0 Å². The van der Waals surface area contributed by atoms with Gasteiger partial charge < -0.3 is 15.4 Å². The van der Waals surface area contributed by atoms with Crippen LogP contribution < -0.4 is 10.6 Å². The minimum absolute atomic E-state index is 0.283. The summed E-state index contributed by atoms with van der Waals surface area (Å²) in [6.45, 7) is 2.33. The lowest BCUT2D eigenvalue weighted by Gasteiger charge is -2.13. The number of sulfonamides is 1. The number of amides is 2. The molecule has 0 bridgehead atoms. The molecule has 0 radical (unpaired) electrons. The zero-order valence-electron chi connectivity index (χ0n) is 15.8. The van der Waals surface area contributed by atoms with Crippen LogP contribution in [0.1, 0.15) is 28.8 Å². The summed E-state index contributed by atoms with van der Waals surface area (Å²) in [7, 11) is -1.77. The summed E-state index contributed by atoms with van der Waals surface area (Å²) in [6, 6.07) is 10.8. The number of thiophene rings is 1. The fourth-order valence-electron chi connectivity index (χ4n) is 3.08. The van der Waals surface area contributed by atoms with Gasteiger partial charge in [-0.1, -0.05) is 24.3 Å². The molecule has 9 heteroatoms. The average molecular weight is 424 g/mol. The standard InChI is InChI=1S/C19H25N3O4S2/c1-26-14-16-7-3-2-6-15(16)12-20-19(23)21-13-17-8-9-18(27-17)28(24,25)22-10-4-5-11-22/h2-3,6-9H,4-5,10-14H2,1H3,(H2,20,21,23). The van der Waals surface area contributed by atoms with E-state index in [2.05, 4.69) is 10.6 Å². The highest BCUT2D eigenvalue weighted by molar-refractivity contribution is 7.91. The molecular formula is C19H25N3O4S2. The first-order valence-electron chi connectivity index (χ1n) is 9.17. The molecule has 0 aliphatic carbocycles. The van der Waals surface area contributed by atoms with Crippen molar-refractivity contribution in [3.05, 3.63) is 52.4 Å². The molecular weight excluding hydrogens is 398 g/mol. The van der Waals surface area contributed by atoms with Gasteiger partial charge in [-0.3, -0.25) is 0 Å². The van der Waals surface area contributed by atoms with Crippen LogP contribution >= 0.6 is 11.3 Å². The summed E-state index contributed by atoms with van der Waals surface area (Å²) in [4.78, 5) is 12.9. The number of benzene rings is 1. The van der Waals surface area contributed by atoms with E-state index in [0.717, 1.165) is 28.8 Å². The van der Waals surface area contributed by atoms with Gasteiger partial charge in [0.25, 0.3) is 10.0 Å². The number of rotatable bonds is 8. The predicted molar refractivity (Wildman–Crippen MR) is 109 cm³/mol. The van der Waals surface area contributed by atoms with Gasteiger partial charge in [-0.05, 0) is 36.1 Å². The van der Waals surface area contributed by atoms with Gasteiger partial charge in [0.05, 0.1) is 13.2 Å². The number of carbonyl (C=O) groups is 1. The summed E-state index contributed by atoms with van der Waals surface area (Å²) < 4.78 is 32.1. The van der Waals surface area contributed by atoms with Gasteiger partial charge in [0.15, 0.2) is 0 Å². The molecule has 2 amide bonds. The fourth-order valence-corrected chi connectivity index (χ4v) is 6.05. The Morgan fingerprint density at radius 1 is 1.07 bits per heavy atom. The van der Waals surface area contributed by atoms with Crippen molar-refractivity contribution in [3.8, 4) is 0 Å². The van der Waals surface area contributed by atoms with E-state index in [9.17, 15) is 13.2 Å². The van der Waals surface area contributed by atoms with Crippen molar-refractivity contribution in [2.75, 3.05) is 20.2 Å². The minimum Gasteiger partial charge on any atom is -0.380 e. The molecule has 28 heavy (non-hydrogen) atoms. The molecule has 1 aromatic carbocycles. The predicted octanol–water partition coefficient (Wildman–Crippen LogP) is 2.68. The first-order chi connectivity index (χ1) is 13.5. The second-order valence-corrected chi connectivity index (χ2v) is 9.90. The smallest absolute Gasteiger partial charge is 0.315 e. The Kier molecular flexibility index (Phi) is 7.06. The third-order valence-electron chi connectivity index (χ3n) is 4.58. The van der Waals surface area contributed by atoms with Crippen LogP contribution in [0, 0.1) is 0 Å². The monoisotopic (exact) mass is 423 g/mol. The maximum absolute atomic E-state index is 12.6. The highest BCUT2D eigenvalue weighted by Crippen LogP contribution is 2.27. The quantitative estimate of drug-likeness (QED) is 0.683. The maximum Gasteiger partial charge on any atom is 0.315 e. The van der Waals surface area contributed by atoms with Crippen molar-refractivity contribution in [2.24, 2.45) is 0 Å². The average Bonchev–Trinajstić information content (AvgIpc) is 3.38. The zero-order chi connectivity index (χ0) is 20.0. The van der Waals surface area contributed by atoms with Crippen molar-refractivity contribution >= 4 is 27.4 Å². The van der Waals surface area contributed by atoms with Crippen LogP contribution in [-0.2, 0) is 34.5 Å². The second kappa shape index (κ2) is 9.51. The highest BCUT2D eigenvalue weighted by atomic mass is 32.2. The molecule has 2 heterocycles. The molecule has 2 N–H and O–H groups in total. The molecule has 0 unspecified atom stereocenters. The van der Waals surface area contributed by atoms with E-state index in [0.29, 0.717) is 30.5 Å². The Bertz CT molecular complexity index is 905. The molecule has 7 nitrogen and oxygen atoms in total. The number of methoxy groups -OCH3 is 1. The minimum atomic E-state index is -3.40. The zero-order valence-corrected chi connectivity index (χ0v) is 17.4.